The third-order valence-electron chi connectivity index (χ3n) is 4.70. The molecule has 0 aliphatic rings. The van der Waals surface area contributed by atoms with Gasteiger partial charge in [0, 0.05) is 20.8 Å². The maximum atomic E-state index is 6.55. The molecule has 0 fully saturated rings. The fourth-order valence-corrected chi connectivity index (χ4v) is 10.3. The Morgan fingerprint density at radius 1 is 0.800 bits per heavy atom. The van der Waals surface area contributed by atoms with Crippen molar-refractivity contribution >= 4 is 16.9 Å². The van der Waals surface area contributed by atoms with Gasteiger partial charge in [0.25, 0.3) is 0 Å². The van der Waals surface area contributed by atoms with Crippen molar-refractivity contribution < 1.29 is 13.3 Å². The predicted molar refractivity (Wildman–Crippen MR) is 92.1 cm³/mol. The van der Waals surface area contributed by atoms with Crippen LogP contribution >= 0.6 is 0 Å². The first kappa shape index (κ1) is 20.3. The van der Waals surface area contributed by atoms with Crippen molar-refractivity contribution in [3.63, 3.8) is 0 Å². The Hall–Kier alpha value is 0.314. The van der Waals surface area contributed by atoms with Gasteiger partial charge in [0.1, 0.15) is 0 Å². The van der Waals surface area contributed by atoms with Crippen LogP contribution in [0.15, 0.2) is 0 Å². The molecule has 0 saturated heterocycles. The minimum atomic E-state index is -1.94. The minimum absolute atomic E-state index is 0.649. The van der Waals surface area contributed by atoms with Crippen LogP contribution in [0.5, 0.6) is 0 Å². The lowest BCUT2D eigenvalue weighted by Gasteiger charge is -2.42. The molecule has 0 atom stereocenters. The van der Waals surface area contributed by atoms with Gasteiger partial charge in [-0.2, -0.15) is 0 Å². The van der Waals surface area contributed by atoms with E-state index < -0.39 is 16.9 Å². The van der Waals surface area contributed by atoms with Crippen molar-refractivity contribution in [2.45, 2.75) is 77.2 Å². The van der Waals surface area contributed by atoms with E-state index in [0.717, 1.165) is 19.1 Å². The highest BCUT2D eigenvalue weighted by atomic mass is 28.4. The van der Waals surface area contributed by atoms with Crippen molar-refractivity contribution in [1.82, 2.24) is 0 Å². The lowest BCUT2D eigenvalue weighted by Crippen LogP contribution is -2.48. The summed E-state index contributed by atoms with van der Waals surface area (Å²) in [5.41, 5.74) is 1.95. The molecule has 0 saturated carbocycles. The summed E-state index contributed by atoms with van der Waals surface area (Å²) in [5.74, 6) is 0. The number of rotatable bonds is 10. The van der Waals surface area contributed by atoms with E-state index in [4.69, 9.17) is 13.3 Å². The van der Waals surface area contributed by atoms with Gasteiger partial charge in [-0.1, -0.05) is 41.5 Å². The van der Waals surface area contributed by atoms with E-state index in [9.17, 15) is 0 Å². The Labute approximate surface area is 128 Å². The van der Waals surface area contributed by atoms with Gasteiger partial charge < -0.3 is 13.3 Å². The summed E-state index contributed by atoms with van der Waals surface area (Å²) in [7, 11) is -0.138. The fourth-order valence-electron chi connectivity index (χ4n) is 3.43. The fraction of sp³-hybridized carbons (Fsp3) is 1.00. The summed E-state index contributed by atoms with van der Waals surface area (Å²) in [5, 5.41) is 0. The van der Waals surface area contributed by atoms with Gasteiger partial charge in [0.2, 0.25) is 0 Å². The van der Waals surface area contributed by atoms with Crippen LogP contribution in [0, 0.1) is 0 Å². The highest BCUT2D eigenvalue weighted by molar-refractivity contribution is 6.77. The molecule has 0 amide bonds. The lowest BCUT2D eigenvalue weighted by molar-refractivity contribution is 0.236. The molecule has 0 radical (unpaired) electrons. The van der Waals surface area contributed by atoms with E-state index >= 15 is 0 Å². The quantitative estimate of drug-likeness (QED) is 0.422. The topological polar surface area (TPSA) is 27.7 Å². The summed E-state index contributed by atoms with van der Waals surface area (Å²) < 4.78 is 17.6. The largest absolute Gasteiger partial charge is 0.416 e. The Balaban J connectivity index is 4.58. The Morgan fingerprint density at radius 3 is 1.50 bits per heavy atom. The Morgan fingerprint density at radius 2 is 1.20 bits per heavy atom. The smallest absolute Gasteiger partial charge is 0.334 e. The monoisotopic (exact) mass is 320 g/mol. The molecule has 0 aliphatic carbocycles. The van der Waals surface area contributed by atoms with E-state index in [0.29, 0.717) is 16.6 Å². The van der Waals surface area contributed by atoms with E-state index in [1.807, 2.05) is 0 Å². The number of hydrogen-bond acceptors (Lipinski definition) is 3. The highest BCUT2D eigenvalue weighted by Gasteiger charge is 2.44. The van der Waals surface area contributed by atoms with Crippen LogP contribution in [-0.4, -0.2) is 37.7 Å². The Bertz CT molecular complexity index is 242. The first-order chi connectivity index (χ1) is 9.16. The number of hydrogen-bond donors (Lipinski definition) is 0. The maximum Gasteiger partial charge on any atom is 0.334 e. The molecular formula is C15H36O3Si2. The second-order valence-electron chi connectivity index (χ2n) is 6.81. The SMILES string of the molecule is CO[Si](C)(CCCO[Si](C(C)C)(C(C)C)C(C)C)OC. The molecule has 122 valence electrons. The standard InChI is InChI=1S/C15H36O3Si2/c1-13(2)20(14(3)4,15(5)6)18-11-10-12-19(9,16-7)17-8/h13-15H,10-12H2,1-9H3. The molecule has 0 rings (SSSR count). The molecule has 0 aliphatic heterocycles. The molecule has 0 aromatic carbocycles. The lowest BCUT2D eigenvalue weighted by atomic mass is 10.5. The predicted octanol–water partition coefficient (Wildman–Crippen LogP) is 4.93. The average Bonchev–Trinajstić information content (AvgIpc) is 2.37. The van der Waals surface area contributed by atoms with Gasteiger partial charge in [-0.15, -0.1) is 0 Å². The van der Waals surface area contributed by atoms with Crippen LogP contribution in [0.3, 0.4) is 0 Å². The molecule has 3 nitrogen and oxygen atoms in total. The van der Waals surface area contributed by atoms with Crippen LogP contribution in [-0.2, 0) is 13.3 Å². The zero-order valence-corrected chi connectivity index (χ0v) is 17.1. The summed E-state index contributed by atoms with van der Waals surface area (Å²) in [6, 6.07) is 0.999. The molecule has 0 bridgehead atoms. The van der Waals surface area contributed by atoms with Gasteiger partial charge in [-0.25, -0.2) is 0 Å². The van der Waals surface area contributed by atoms with Gasteiger partial charge in [-0.3, -0.25) is 0 Å². The molecule has 0 aromatic rings. The van der Waals surface area contributed by atoms with Crippen LogP contribution in [0.1, 0.15) is 48.0 Å². The molecule has 0 N–H and O–H groups in total. The molecule has 5 heteroatoms. The third-order valence-corrected chi connectivity index (χ3v) is 13.8. The normalized spacial score (nSPS) is 13.8. The van der Waals surface area contributed by atoms with Crippen LogP contribution < -0.4 is 0 Å². The average molecular weight is 321 g/mol. The molecule has 0 heterocycles. The second-order valence-corrected chi connectivity index (χ2v) is 15.9. The van der Waals surface area contributed by atoms with Gasteiger partial charge in [-0.05, 0) is 35.6 Å². The zero-order valence-electron chi connectivity index (χ0n) is 15.1. The minimum Gasteiger partial charge on any atom is -0.416 e. The Kier molecular flexibility index (Phi) is 8.82. The maximum absolute atomic E-state index is 6.55. The van der Waals surface area contributed by atoms with E-state index in [1.54, 1.807) is 14.2 Å². The van der Waals surface area contributed by atoms with Gasteiger partial charge in [0.05, 0.1) is 0 Å². The molecule has 20 heavy (non-hydrogen) atoms. The molecule has 0 aromatic heterocycles. The second kappa shape index (κ2) is 8.68. The third kappa shape index (κ3) is 4.95. The summed E-state index contributed by atoms with van der Waals surface area (Å²) in [4.78, 5) is 0. The summed E-state index contributed by atoms with van der Waals surface area (Å²) >= 11 is 0. The van der Waals surface area contributed by atoms with E-state index in [1.165, 1.54) is 0 Å². The van der Waals surface area contributed by atoms with E-state index in [-0.39, 0.29) is 0 Å². The zero-order chi connectivity index (χ0) is 16.0. The van der Waals surface area contributed by atoms with E-state index in [2.05, 4.69) is 48.1 Å². The first-order valence-corrected chi connectivity index (χ1v) is 12.6. The van der Waals surface area contributed by atoms with Gasteiger partial charge >= 0.3 is 8.56 Å². The highest BCUT2D eigenvalue weighted by Crippen LogP contribution is 2.42. The molecule has 0 unspecified atom stereocenters. The van der Waals surface area contributed by atoms with Gasteiger partial charge in [0.15, 0.2) is 8.32 Å². The van der Waals surface area contributed by atoms with Crippen molar-refractivity contribution in [2.75, 3.05) is 20.8 Å². The summed E-state index contributed by atoms with van der Waals surface area (Å²) in [6.45, 7) is 16.9. The first-order valence-electron chi connectivity index (χ1n) is 7.90. The van der Waals surface area contributed by atoms with Crippen molar-refractivity contribution in [1.29, 1.82) is 0 Å². The van der Waals surface area contributed by atoms with Crippen molar-refractivity contribution in [2.24, 2.45) is 0 Å². The van der Waals surface area contributed by atoms with Crippen molar-refractivity contribution in [3.05, 3.63) is 0 Å². The van der Waals surface area contributed by atoms with Crippen LogP contribution in [0.25, 0.3) is 0 Å². The van der Waals surface area contributed by atoms with Crippen molar-refractivity contribution in [3.8, 4) is 0 Å². The summed E-state index contributed by atoms with van der Waals surface area (Å²) in [6.07, 6.45) is 1.03. The van der Waals surface area contributed by atoms with Crippen LogP contribution in [0.2, 0.25) is 29.2 Å². The van der Waals surface area contributed by atoms with Crippen LogP contribution in [0.4, 0.5) is 0 Å². The molecular weight excluding hydrogens is 284 g/mol. The molecule has 0 spiro atoms.